The van der Waals surface area contributed by atoms with Crippen molar-refractivity contribution in [1.29, 1.82) is 0 Å². The minimum Gasteiger partial charge on any atom is -0.450 e. The monoisotopic (exact) mass is 481 g/mol. The molecular formula is C21H31N5O8. The van der Waals surface area contributed by atoms with Gasteiger partial charge < -0.3 is 30.7 Å². The summed E-state index contributed by atoms with van der Waals surface area (Å²) in [5.41, 5.74) is -0.392. The van der Waals surface area contributed by atoms with Crippen molar-refractivity contribution in [3.63, 3.8) is 0 Å². The fourth-order valence-corrected chi connectivity index (χ4v) is 2.83. The lowest BCUT2D eigenvalue weighted by molar-refractivity contribution is -0.137. The molecule has 1 heterocycles. The predicted molar refractivity (Wildman–Crippen MR) is 119 cm³/mol. The van der Waals surface area contributed by atoms with Crippen LogP contribution in [0.3, 0.4) is 0 Å². The number of hydrogen-bond donors (Lipinski definition) is 4. The number of ether oxygens (including phenoxy) is 2. The number of unbranched alkanes of at least 4 members (excludes halogenated alkanes) is 1. The zero-order valence-corrected chi connectivity index (χ0v) is 19.5. The number of imide groups is 1. The molecule has 2 atom stereocenters. The number of carbonyl (C=O) groups excluding carboxylic acids is 6. The molecule has 0 aromatic carbocycles. The van der Waals surface area contributed by atoms with Gasteiger partial charge in [0, 0.05) is 18.7 Å². The van der Waals surface area contributed by atoms with Crippen molar-refractivity contribution in [1.82, 2.24) is 26.2 Å². The Morgan fingerprint density at radius 1 is 0.941 bits per heavy atom. The molecule has 0 spiro atoms. The Morgan fingerprint density at radius 3 is 2.12 bits per heavy atom. The Hall–Kier alpha value is -3.90. The molecule has 1 rings (SSSR count). The van der Waals surface area contributed by atoms with Gasteiger partial charge in [0.2, 0.25) is 5.91 Å². The van der Waals surface area contributed by atoms with Crippen molar-refractivity contribution in [2.75, 3.05) is 19.8 Å². The fraction of sp³-hybridized carbons (Fsp3) is 0.524. The van der Waals surface area contributed by atoms with E-state index in [1.165, 1.54) is 6.92 Å². The van der Waals surface area contributed by atoms with Gasteiger partial charge in [0.05, 0.1) is 19.4 Å². The fourth-order valence-electron chi connectivity index (χ4n) is 2.83. The van der Waals surface area contributed by atoms with Gasteiger partial charge in [-0.05, 0) is 40.0 Å². The Kier molecular flexibility index (Phi) is 11.8. The van der Waals surface area contributed by atoms with Crippen LogP contribution in [-0.2, 0) is 28.7 Å². The van der Waals surface area contributed by atoms with Gasteiger partial charge in [-0.2, -0.15) is 0 Å². The van der Waals surface area contributed by atoms with Gasteiger partial charge in [0.1, 0.15) is 11.7 Å². The number of alkyl carbamates (subject to hydrolysis) is 2. The standard InChI is InChI=1S/C21H31N5O8/c1-5-33-20(31)22-12-8-7-9-15(25-21(32)34-6-2)19(30)24-14(4)23-18(29)13(3)26-16(27)10-11-17(26)28/h10-11,14-15H,3,5-9,12H2,1-2,4H3,(H,22,31)(H,23,29)(H,24,30)(H,25,32). The molecule has 0 fully saturated rings. The summed E-state index contributed by atoms with van der Waals surface area (Å²) in [4.78, 5) is 72.1. The molecule has 13 heteroatoms. The van der Waals surface area contributed by atoms with E-state index in [1.54, 1.807) is 13.8 Å². The van der Waals surface area contributed by atoms with Crippen molar-refractivity contribution in [2.45, 2.75) is 52.2 Å². The number of carbonyl (C=O) groups is 6. The van der Waals surface area contributed by atoms with Gasteiger partial charge in [-0.3, -0.25) is 19.2 Å². The lowest BCUT2D eigenvalue weighted by Gasteiger charge is -2.23. The molecule has 4 N–H and O–H groups in total. The molecular weight excluding hydrogens is 450 g/mol. The third-order valence-electron chi connectivity index (χ3n) is 4.40. The molecule has 0 aromatic rings. The first kappa shape index (κ1) is 28.1. The van der Waals surface area contributed by atoms with Crippen LogP contribution >= 0.6 is 0 Å². The van der Waals surface area contributed by atoms with Gasteiger partial charge in [0.15, 0.2) is 0 Å². The van der Waals surface area contributed by atoms with Gasteiger partial charge in [-0.1, -0.05) is 6.58 Å². The van der Waals surface area contributed by atoms with Crippen LogP contribution < -0.4 is 21.3 Å². The zero-order chi connectivity index (χ0) is 25.7. The number of rotatable bonds is 13. The van der Waals surface area contributed by atoms with Crippen molar-refractivity contribution >= 4 is 35.8 Å². The van der Waals surface area contributed by atoms with E-state index in [9.17, 15) is 28.8 Å². The van der Waals surface area contributed by atoms with Gasteiger partial charge >= 0.3 is 12.2 Å². The molecule has 1 aliphatic rings. The SMILES string of the molecule is C=C(C(=O)NC(C)NC(=O)C(CCCCNC(=O)OCC)NC(=O)OCC)N1C(=O)C=CC1=O. The number of hydrogen-bond acceptors (Lipinski definition) is 8. The van der Waals surface area contributed by atoms with Crippen LogP contribution in [0, 0.1) is 0 Å². The van der Waals surface area contributed by atoms with Gasteiger partial charge in [-0.25, -0.2) is 14.5 Å². The number of nitrogens with one attached hydrogen (secondary N) is 4. The first-order valence-electron chi connectivity index (χ1n) is 10.8. The number of nitrogens with zero attached hydrogens (tertiary/aromatic N) is 1. The first-order valence-corrected chi connectivity index (χ1v) is 10.8. The molecule has 6 amide bonds. The average molecular weight is 482 g/mol. The van der Waals surface area contributed by atoms with Crippen LogP contribution in [0.1, 0.15) is 40.0 Å². The molecule has 0 aromatic heterocycles. The van der Waals surface area contributed by atoms with E-state index in [4.69, 9.17) is 9.47 Å². The van der Waals surface area contributed by atoms with Crippen LogP contribution in [-0.4, -0.2) is 72.7 Å². The molecule has 0 bridgehead atoms. The summed E-state index contributed by atoms with van der Waals surface area (Å²) in [7, 11) is 0. The topological polar surface area (TPSA) is 172 Å². The predicted octanol–water partition coefficient (Wildman–Crippen LogP) is 0.0346. The summed E-state index contributed by atoms with van der Waals surface area (Å²) in [5, 5.41) is 9.95. The van der Waals surface area contributed by atoms with Crippen molar-refractivity contribution in [3.8, 4) is 0 Å². The summed E-state index contributed by atoms with van der Waals surface area (Å²) in [5.74, 6) is -2.83. The molecule has 34 heavy (non-hydrogen) atoms. The maximum atomic E-state index is 12.7. The van der Waals surface area contributed by atoms with E-state index in [0.29, 0.717) is 24.3 Å². The summed E-state index contributed by atoms with van der Waals surface area (Å²) in [6, 6.07) is -0.977. The van der Waals surface area contributed by atoms with E-state index >= 15 is 0 Å². The maximum absolute atomic E-state index is 12.7. The highest BCUT2D eigenvalue weighted by Gasteiger charge is 2.30. The van der Waals surface area contributed by atoms with Crippen LogP contribution in [0.25, 0.3) is 0 Å². The Balaban J connectivity index is 2.60. The van der Waals surface area contributed by atoms with Crippen LogP contribution in [0.4, 0.5) is 9.59 Å². The molecule has 13 nitrogen and oxygen atoms in total. The lowest BCUT2D eigenvalue weighted by atomic mass is 10.1. The minimum atomic E-state index is -0.977. The van der Waals surface area contributed by atoms with Crippen LogP contribution in [0.2, 0.25) is 0 Å². The molecule has 0 radical (unpaired) electrons. The average Bonchev–Trinajstić information content (AvgIpc) is 3.10. The normalized spacial score (nSPS) is 14.1. The number of amides is 6. The minimum absolute atomic E-state index is 0.112. The largest absolute Gasteiger partial charge is 0.450 e. The Morgan fingerprint density at radius 2 is 1.53 bits per heavy atom. The zero-order valence-electron chi connectivity index (χ0n) is 19.5. The van der Waals surface area contributed by atoms with Crippen LogP contribution in [0.15, 0.2) is 24.4 Å². The Bertz CT molecular complexity index is 823. The van der Waals surface area contributed by atoms with E-state index < -0.39 is 53.7 Å². The molecule has 1 aliphatic heterocycles. The van der Waals surface area contributed by atoms with Crippen molar-refractivity contribution in [2.24, 2.45) is 0 Å². The second kappa shape index (κ2) is 14.3. The van der Waals surface area contributed by atoms with Crippen molar-refractivity contribution in [3.05, 3.63) is 24.4 Å². The summed E-state index contributed by atoms with van der Waals surface area (Å²) in [6.07, 6.45) is 1.00. The molecule has 0 aliphatic carbocycles. The maximum Gasteiger partial charge on any atom is 0.407 e. The molecule has 0 saturated carbocycles. The lowest BCUT2D eigenvalue weighted by Crippen LogP contribution is -2.54. The highest BCUT2D eigenvalue weighted by molar-refractivity contribution is 6.18. The smallest absolute Gasteiger partial charge is 0.407 e. The van der Waals surface area contributed by atoms with E-state index in [1.807, 2.05) is 0 Å². The van der Waals surface area contributed by atoms with Crippen LogP contribution in [0.5, 0.6) is 0 Å². The van der Waals surface area contributed by atoms with E-state index in [2.05, 4.69) is 27.8 Å². The third kappa shape index (κ3) is 9.30. The second-order valence-corrected chi connectivity index (χ2v) is 7.06. The molecule has 0 saturated heterocycles. The van der Waals surface area contributed by atoms with E-state index in [0.717, 1.165) is 12.2 Å². The van der Waals surface area contributed by atoms with Crippen molar-refractivity contribution < 1.29 is 38.2 Å². The highest BCUT2D eigenvalue weighted by atomic mass is 16.6. The quantitative estimate of drug-likeness (QED) is 0.123. The highest BCUT2D eigenvalue weighted by Crippen LogP contribution is 2.11. The molecule has 188 valence electrons. The Labute approximate surface area is 197 Å². The second-order valence-electron chi connectivity index (χ2n) is 7.06. The summed E-state index contributed by atoms with van der Waals surface area (Å²) < 4.78 is 9.58. The van der Waals surface area contributed by atoms with Gasteiger partial charge in [-0.15, -0.1) is 0 Å². The van der Waals surface area contributed by atoms with Gasteiger partial charge in [0.25, 0.3) is 17.7 Å². The molecule has 2 unspecified atom stereocenters. The third-order valence-corrected chi connectivity index (χ3v) is 4.40. The first-order chi connectivity index (χ1) is 16.1. The summed E-state index contributed by atoms with van der Waals surface area (Å²) in [6.45, 7) is 8.90. The summed E-state index contributed by atoms with van der Waals surface area (Å²) >= 11 is 0. The van der Waals surface area contributed by atoms with E-state index in [-0.39, 0.29) is 19.6 Å².